The topological polar surface area (TPSA) is 57.5 Å². The highest BCUT2D eigenvalue weighted by atomic mass is 15.2. The number of hydrogen-bond donors (Lipinski definition) is 2. The van der Waals surface area contributed by atoms with Crippen LogP contribution in [0.2, 0.25) is 0 Å². The lowest BCUT2D eigenvalue weighted by atomic mass is 9.98. The Morgan fingerprint density at radius 2 is 1.93 bits per heavy atom. The molecule has 0 unspecified atom stereocenters. The van der Waals surface area contributed by atoms with Crippen LogP contribution in [0.5, 0.6) is 0 Å². The third kappa shape index (κ3) is 5.35. The van der Waals surface area contributed by atoms with Crippen molar-refractivity contribution in [1.82, 2.24) is 25.1 Å². The molecular formula is C22H34N6. The number of nitrogens with zero attached hydrogens (tertiary/aromatic N) is 4. The SMILES string of the molecule is CCNC(=NCc1ccccc1-n1ccnc1)NCC(C)(C)N1CCCCC1. The molecule has 2 heterocycles. The van der Waals surface area contributed by atoms with Gasteiger partial charge in [-0.25, -0.2) is 9.98 Å². The van der Waals surface area contributed by atoms with Gasteiger partial charge in [0.1, 0.15) is 0 Å². The number of hydrogen-bond acceptors (Lipinski definition) is 3. The maximum absolute atomic E-state index is 4.84. The third-order valence-corrected chi connectivity index (χ3v) is 5.43. The maximum atomic E-state index is 4.84. The zero-order valence-electron chi connectivity index (χ0n) is 17.5. The summed E-state index contributed by atoms with van der Waals surface area (Å²) in [5, 5.41) is 6.94. The van der Waals surface area contributed by atoms with Gasteiger partial charge < -0.3 is 15.2 Å². The number of aliphatic imine (C=N–C) groups is 1. The number of para-hydroxylation sites is 1. The molecule has 1 aliphatic heterocycles. The average molecular weight is 383 g/mol. The Balaban J connectivity index is 1.66. The van der Waals surface area contributed by atoms with Gasteiger partial charge in [0.15, 0.2) is 5.96 Å². The predicted octanol–water partition coefficient (Wildman–Crippen LogP) is 3.19. The van der Waals surface area contributed by atoms with Gasteiger partial charge in [0.2, 0.25) is 0 Å². The minimum Gasteiger partial charge on any atom is -0.357 e. The van der Waals surface area contributed by atoms with Crippen LogP contribution in [0.15, 0.2) is 48.0 Å². The van der Waals surface area contributed by atoms with Gasteiger partial charge in [-0.3, -0.25) is 4.90 Å². The largest absolute Gasteiger partial charge is 0.357 e. The van der Waals surface area contributed by atoms with E-state index in [4.69, 9.17) is 4.99 Å². The van der Waals surface area contributed by atoms with E-state index in [0.717, 1.165) is 24.7 Å². The van der Waals surface area contributed by atoms with E-state index in [1.807, 2.05) is 23.2 Å². The number of benzene rings is 1. The molecule has 1 saturated heterocycles. The van der Waals surface area contributed by atoms with Gasteiger partial charge in [-0.2, -0.15) is 0 Å². The van der Waals surface area contributed by atoms with Crippen molar-refractivity contribution in [2.24, 2.45) is 4.99 Å². The summed E-state index contributed by atoms with van der Waals surface area (Å²) in [5.74, 6) is 0.869. The molecule has 2 aromatic rings. The second-order valence-corrected chi connectivity index (χ2v) is 8.01. The number of likely N-dealkylation sites (tertiary alicyclic amines) is 1. The zero-order chi connectivity index (χ0) is 19.8. The van der Waals surface area contributed by atoms with Crippen LogP contribution in [0.3, 0.4) is 0 Å². The Bertz CT molecular complexity index is 744. The molecule has 6 nitrogen and oxygen atoms in total. The number of nitrogens with one attached hydrogen (secondary N) is 2. The fraction of sp³-hybridized carbons (Fsp3) is 0.545. The van der Waals surface area contributed by atoms with Gasteiger partial charge in [0, 0.05) is 31.0 Å². The average Bonchev–Trinajstić information content (AvgIpc) is 3.26. The predicted molar refractivity (Wildman–Crippen MR) is 116 cm³/mol. The standard InChI is InChI=1S/C22H34N6/c1-4-24-21(26-17-22(2,3)28-13-8-5-9-14-28)25-16-19-10-6-7-11-20(19)27-15-12-23-18-27/h6-7,10-12,15,18H,4-5,8-9,13-14,16-17H2,1-3H3,(H2,24,25,26). The van der Waals surface area contributed by atoms with Crippen LogP contribution in [-0.4, -0.2) is 52.1 Å². The van der Waals surface area contributed by atoms with Crippen LogP contribution >= 0.6 is 0 Å². The molecule has 0 radical (unpaired) electrons. The Morgan fingerprint density at radius 1 is 1.14 bits per heavy atom. The lowest BCUT2D eigenvalue weighted by Gasteiger charge is -2.41. The molecule has 0 spiro atoms. The van der Waals surface area contributed by atoms with E-state index >= 15 is 0 Å². The number of imidazole rings is 1. The van der Waals surface area contributed by atoms with Gasteiger partial charge in [0.25, 0.3) is 0 Å². The van der Waals surface area contributed by atoms with E-state index in [1.165, 1.54) is 37.9 Å². The first-order valence-corrected chi connectivity index (χ1v) is 10.4. The molecule has 0 saturated carbocycles. The van der Waals surface area contributed by atoms with Crippen molar-refractivity contribution in [3.8, 4) is 5.69 Å². The van der Waals surface area contributed by atoms with Crippen molar-refractivity contribution >= 4 is 5.96 Å². The molecule has 1 fully saturated rings. The quantitative estimate of drug-likeness (QED) is 0.570. The minimum atomic E-state index is 0.116. The number of rotatable bonds is 7. The molecule has 28 heavy (non-hydrogen) atoms. The molecule has 3 rings (SSSR count). The summed E-state index contributed by atoms with van der Waals surface area (Å²) in [4.78, 5) is 11.6. The highest BCUT2D eigenvalue weighted by Crippen LogP contribution is 2.20. The van der Waals surface area contributed by atoms with Crippen molar-refractivity contribution in [2.75, 3.05) is 26.2 Å². The molecule has 0 aliphatic carbocycles. The van der Waals surface area contributed by atoms with Crippen molar-refractivity contribution < 1.29 is 0 Å². The molecule has 0 bridgehead atoms. The summed E-state index contributed by atoms with van der Waals surface area (Å²) < 4.78 is 2.03. The molecule has 0 atom stereocenters. The summed E-state index contributed by atoms with van der Waals surface area (Å²) in [5.41, 5.74) is 2.41. The Hall–Kier alpha value is -2.34. The third-order valence-electron chi connectivity index (χ3n) is 5.43. The maximum Gasteiger partial charge on any atom is 0.191 e. The first kappa shape index (κ1) is 20.4. The van der Waals surface area contributed by atoms with E-state index in [0.29, 0.717) is 6.54 Å². The highest BCUT2D eigenvalue weighted by molar-refractivity contribution is 5.79. The van der Waals surface area contributed by atoms with Gasteiger partial charge >= 0.3 is 0 Å². The van der Waals surface area contributed by atoms with Crippen LogP contribution in [0.4, 0.5) is 0 Å². The second kappa shape index (κ2) is 9.73. The summed E-state index contributed by atoms with van der Waals surface area (Å²) in [7, 11) is 0. The fourth-order valence-electron chi connectivity index (χ4n) is 3.72. The summed E-state index contributed by atoms with van der Waals surface area (Å²) in [6.45, 7) is 11.5. The monoisotopic (exact) mass is 382 g/mol. The number of aromatic nitrogens is 2. The normalized spacial score (nSPS) is 16.2. The van der Waals surface area contributed by atoms with E-state index in [9.17, 15) is 0 Å². The lowest BCUT2D eigenvalue weighted by Crippen LogP contribution is -2.54. The smallest absolute Gasteiger partial charge is 0.191 e. The molecule has 1 aromatic carbocycles. The fourth-order valence-corrected chi connectivity index (χ4v) is 3.72. The second-order valence-electron chi connectivity index (χ2n) is 8.01. The minimum absolute atomic E-state index is 0.116. The molecule has 6 heteroatoms. The van der Waals surface area contributed by atoms with Crippen molar-refractivity contribution in [3.63, 3.8) is 0 Å². The molecular weight excluding hydrogens is 348 g/mol. The van der Waals surface area contributed by atoms with Crippen LogP contribution in [0, 0.1) is 0 Å². The van der Waals surface area contributed by atoms with E-state index < -0.39 is 0 Å². The Kier molecular flexibility index (Phi) is 7.09. The van der Waals surface area contributed by atoms with E-state index in [2.05, 4.69) is 59.5 Å². The summed E-state index contributed by atoms with van der Waals surface area (Å²) in [6.07, 6.45) is 9.57. The highest BCUT2D eigenvalue weighted by Gasteiger charge is 2.27. The number of guanidine groups is 1. The van der Waals surface area contributed by atoms with Crippen molar-refractivity contribution in [1.29, 1.82) is 0 Å². The zero-order valence-corrected chi connectivity index (χ0v) is 17.5. The number of piperidine rings is 1. The van der Waals surface area contributed by atoms with Crippen molar-refractivity contribution in [2.45, 2.75) is 52.1 Å². The molecule has 0 amide bonds. The van der Waals surface area contributed by atoms with Gasteiger partial charge in [0.05, 0.1) is 18.6 Å². The van der Waals surface area contributed by atoms with Gasteiger partial charge in [-0.05, 0) is 58.3 Å². The summed E-state index contributed by atoms with van der Waals surface area (Å²) in [6, 6.07) is 8.34. The summed E-state index contributed by atoms with van der Waals surface area (Å²) >= 11 is 0. The first-order chi connectivity index (χ1) is 13.6. The Morgan fingerprint density at radius 3 is 2.64 bits per heavy atom. The van der Waals surface area contributed by atoms with Crippen LogP contribution in [0.25, 0.3) is 5.69 Å². The molecule has 1 aliphatic rings. The van der Waals surface area contributed by atoms with Crippen LogP contribution in [-0.2, 0) is 6.54 Å². The van der Waals surface area contributed by atoms with Crippen LogP contribution in [0.1, 0.15) is 45.6 Å². The van der Waals surface area contributed by atoms with E-state index in [1.54, 1.807) is 6.20 Å². The van der Waals surface area contributed by atoms with Crippen LogP contribution < -0.4 is 10.6 Å². The lowest BCUT2D eigenvalue weighted by molar-refractivity contribution is 0.0982. The van der Waals surface area contributed by atoms with Gasteiger partial charge in [-0.1, -0.05) is 24.6 Å². The van der Waals surface area contributed by atoms with Gasteiger partial charge in [-0.15, -0.1) is 0 Å². The van der Waals surface area contributed by atoms with Crippen molar-refractivity contribution in [3.05, 3.63) is 48.5 Å². The molecule has 2 N–H and O–H groups in total. The first-order valence-electron chi connectivity index (χ1n) is 10.4. The molecule has 152 valence electrons. The Labute approximate surface area is 169 Å². The molecule has 1 aromatic heterocycles. The van der Waals surface area contributed by atoms with E-state index in [-0.39, 0.29) is 5.54 Å².